The van der Waals surface area contributed by atoms with Gasteiger partial charge in [-0.3, -0.25) is 9.59 Å². The minimum atomic E-state index is -0.700. The Morgan fingerprint density at radius 1 is 1.06 bits per heavy atom. The summed E-state index contributed by atoms with van der Waals surface area (Å²) in [5.74, 6) is 0.666. The van der Waals surface area contributed by atoms with Gasteiger partial charge in [0.25, 0.3) is 0 Å². The molecule has 34 heavy (non-hydrogen) atoms. The molecular weight excluding hydrogens is 432 g/mol. The van der Waals surface area contributed by atoms with E-state index in [1.54, 1.807) is 0 Å². The Morgan fingerprint density at radius 2 is 1.74 bits per heavy atom. The van der Waals surface area contributed by atoms with E-state index < -0.39 is 34.7 Å². The lowest BCUT2D eigenvalue weighted by Crippen LogP contribution is -2.61. The molecule has 1 heterocycles. The van der Waals surface area contributed by atoms with Gasteiger partial charge in [0, 0.05) is 23.2 Å². The molecule has 0 aromatic heterocycles. The zero-order valence-corrected chi connectivity index (χ0v) is 21.4. The first-order valence-electron chi connectivity index (χ1n) is 12.9. The fraction of sp³-hybridized carbons (Fsp3) is 0.786. The lowest BCUT2D eigenvalue weighted by molar-refractivity contribution is -0.141. The molecule has 2 bridgehead atoms. The van der Waals surface area contributed by atoms with Crippen molar-refractivity contribution in [2.24, 2.45) is 40.4 Å². The molecule has 4 N–H and O–H groups in total. The van der Waals surface area contributed by atoms with E-state index in [9.17, 15) is 19.8 Å². The Kier molecular flexibility index (Phi) is 6.12. The van der Waals surface area contributed by atoms with Gasteiger partial charge in [0.15, 0.2) is 17.7 Å². The van der Waals surface area contributed by atoms with Gasteiger partial charge in [-0.15, -0.1) is 0 Å². The third-order valence-corrected chi connectivity index (χ3v) is 10.4. The monoisotopic (exact) mass is 474 g/mol. The van der Waals surface area contributed by atoms with Gasteiger partial charge in [0.05, 0.1) is 17.8 Å². The molecule has 0 aromatic rings. The van der Waals surface area contributed by atoms with Gasteiger partial charge >= 0.3 is 0 Å². The third-order valence-electron chi connectivity index (χ3n) is 10.4. The van der Waals surface area contributed by atoms with Crippen LogP contribution >= 0.6 is 0 Å². The van der Waals surface area contributed by atoms with Gasteiger partial charge in [-0.1, -0.05) is 53.7 Å². The van der Waals surface area contributed by atoms with Crippen LogP contribution in [0.2, 0.25) is 0 Å². The van der Waals surface area contributed by atoms with Crippen LogP contribution < -0.4 is 0 Å². The van der Waals surface area contributed by atoms with Crippen molar-refractivity contribution in [3.8, 4) is 0 Å². The highest BCUT2D eigenvalue weighted by molar-refractivity contribution is 6.26. The average molecular weight is 475 g/mol. The van der Waals surface area contributed by atoms with Crippen molar-refractivity contribution < 1.29 is 30.0 Å². The van der Waals surface area contributed by atoms with Gasteiger partial charge in [0.2, 0.25) is 0 Å². The van der Waals surface area contributed by atoms with Crippen molar-refractivity contribution in [3.05, 3.63) is 23.3 Å². The first-order valence-corrected chi connectivity index (χ1v) is 12.9. The van der Waals surface area contributed by atoms with Gasteiger partial charge in [0.1, 0.15) is 5.60 Å². The molecule has 1 aliphatic heterocycles. The number of ketones is 2. The lowest BCUT2D eigenvalue weighted by atomic mass is 9.45. The summed E-state index contributed by atoms with van der Waals surface area (Å²) in [6, 6.07) is 0. The van der Waals surface area contributed by atoms with Crippen molar-refractivity contribution in [1.82, 2.24) is 0 Å². The van der Waals surface area contributed by atoms with E-state index >= 15 is 0 Å². The zero-order valence-electron chi connectivity index (χ0n) is 21.4. The number of rotatable bonds is 4. The molecule has 5 rings (SSSR count). The second kappa shape index (κ2) is 8.09. The second-order valence-corrected chi connectivity index (χ2v) is 12.6. The molecule has 6 heteroatoms. The first-order chi connectivity index (χ1) is 15.4. The van der Waals surface area contributed by atoms with E-state index in [-0.39, 0.29) is 34.8 Å². The van der Waals surface area contributed by atoms with Crippen LogP contribution in [-0.4, -0.2) is 51.2 Å². The largest absolute Gasteiger partial charge is 0.412 e. The van der Waals surface area contributed by atoms with E-state index in [2.05, 4.69) is 46.8 Å². The van der Waals surface area contributed by atoms with E-state index in [1.165, 1.54) is 0 Å². The second-order valence-electron chi connectivity index (χ2n) is 12.6. The first kappa shape index (κ1) is 25.7. The summed E-state index contributed by atoms with van der Waals surface area (Å²) in [4.78, 5) is 27.7. The van der Waals surface area contributed by atoms with Crippen LogP contribution in [0.4, 0.5) is 0 Å². The predicted octanol–water partition coefficient (Wildman–Crippen LogP) is 3.19. The molecule has 4 aliphatic carbocycles. The van der Waals surface area contributed by atoms with Gasteiger partial charge in [-0.2, -0.15) is 0 Å². The smallest absolute Gasteiger partial charge is 0.198 e. The molecular formula is C28H42O6. The maximum Gasteiger partial charge on any atom is 0.198 e. The molecule has 10 atom stereocenters. The Hall–Kier alpha value is -1.34. The molecule has 2 saturated carbocycles. The Balaban J connectivity index is 0.00000274. The van der Waals surface area contributed by atoms with Crippen LogP contribution in [0.25, 0.3) is 0 Å². The topological polar surface area (TPSA) is 119 Å². The van der Waals surface area contributed by atoms with Crippen LogP contribution in [0.15, 0.2) is 23.3 Å². The van der Waals surface area contributed by atoms with Gasteiger partial charge < -0.3 is 20.4 Å². The average Bonchev–Trinajstić information content (AvgIpc) is 3.48. The molecule has 0 radical (unpaired) electrons. The van der Waals surface area contributed by atoms with E-state index in [0.717, 1.165) is 5.57 Å². The fourth-order valence-electron chi connectivity index (χ4n) is 7.86. The van der Waals surface area contributed by atoms with Crippen LogP contribution in [0, 0.1) is 40.4 Å². The van der Waals surface area contributed by atoms with Crippen LogP contribution in [-0.2, 0) is 14.3 Å². The quantitative estimate of drug-likeness (QED) is 0.368. The summed E-state index contributed by atoms with van der Waals surface area (Å²) in [6.07, 6.45) is 5.66. The number of ether oxygens (including phenoxy) is 1. The number of allylic oxidation sites excluding steroid dienone is 2. The number of Topliss-reactive ketones (excluding diaryl/α,β-unsaturated/α-hetero) is 2. The maximum absolute atomic E-state index is 14.1. The summed E-state index contributed by atoms with van der Waals surface area (Å²) in [5, 5.41) is 21.8. The third kappa shape index (κ3) is 3.21. The summed E-state index contributed by atoms with van der Waals surface area (Å²) < 4.78 is 6.08. The predicted molar refractivity (Wildman–Crippen MR) is 129 cm³/mol. The number of hydrogen-bond donors (Lipinski definition) is 2. The number of carbonyl (C=O) groups excluding carboxylic acids is 2. The maximum atomic E-state index is 14.1. The number of aliphatic hydroxyl groups excluding tert-OH is 2. The molecule has 1 saturated heterocycles. The van der Waals surface area contributed by atoms with Crippen molar-refractivity contribution in [2.45, 2.75) is 97.6 Å². The standard InChI is InChI=1S/C28H40O5.H2O/c1-14(2)15(3)7-8-16(4)19-11-20(30)18-13-26(19,5)24(32)21-22(18)27(6)10-9-17(29)12-28(27)25(33-28)23(21)31;/h7-8,14-20,25,29-30H,9-13H2,1-6H3;1H2/b8-7+;/t15-,16+,17-,18-,19+,20-,25-,26+,27+,28-;/m0./s1. The van der Waals surface area contributed by atoms with Crippen LogP contribution in [0.5, 0.6) is 0 Å². The highest BCUT2D eigenvalue weighted by Gasteiger charge is 2.78. The molecule has 1 spiro atoms. The SMILES string of the molecule is CC(C)[C@@H](C)/C=C/[C@@H](C)[C@H]1C[C@H](O)[C@@H]2C[C@@]1(C)C(=O)C1=C2[C@@]2(C)CC[C@H](O)C[C@@]23O[C@H]3C1=O.O. The minimum absolute atomic E-state index is 0. The number of carbonyl (C=O) groups is 2. The fourth-order valence-corrected chi connectivity index (χ4v) is 7.86. The molecule has 0 aromatic carbocycles. The zero-order chi connectivity index (χ0) is 24.1. The van der Waals surface area contributed by atoms with E-state index in [0.29, 0.717) is 49.5 Å². The van der Waals surface area contributed by atoms with Crippen molar-refractivity contribution in [3.63, 3.8) is 0 Å². The molecule has 0 unspecified atom stereocenters. The number of aliphatic hydroxyl groups is 2. The molecule has 190 valence electrons. The molecule has 3 fully saturated rings. The highest BCUT2D eigenvalue weighted by atomic mass is 16.6. The Labute approximate surface area is 203 Å². The van der Waals surface area contributed by atoms with E-state index in [4.69, 9.17) is 4.74 Å². The summed E-state index contributed by atoms with van der Waals surface area (Å²) in [7, 11) is 0. The number of hydrogen-bond acceptors (Lipinski definition) is 5. The molecule has 5 aliphatic rings. The normalized spacial score (nSPS) is 47.0. The Morgan fingerprint density at radius 3 is 2.38 bits per heavy atom. The van der Waals surface area contributed by atoms with Crippen LogP contribution in [0.1, 0.15) is 73.6 Å². The Bertz CT molecular complexity index is 951. The number of fused-ring (bicyclic) bond motifs is 4. The van der Waals surface area contributed by atoms with Crippen molar-refractivity contribution in [1.29, 1.82) is 0 Å². The lowest BCUT2D eigenvalue weighted by Gasteiger charge is -2.57. The summed E-state index contributed by atoms with van der Waals surface area (Å²) >= 11 is 0. The molecule has 6 nitrogen and oxygen atoms in total. The highest BCUT2D eigenvalue weighted by Crippen LogP contribution is 2.70. The number of epoxide rings is 1. The molecule has 0 amide bonds. The van der Waals surface area contributed by atoms with Crippen molar-refractivity contribution >= 4 is 11.6 Å². The van der Waals surface area contributed by atoms with Crippen LogP contribution in [0.3, 0.4) is 0 Å². The van der Waals surface area contributed by atoms with Crippen molar-refractivity contribution in [2.75, 3.05) is 0 Å². The van der Waals surface area contributed by atoms with Gasteiger partial charge in [-0.25, -0.2) is 0 Å². The summed E-state index contributed by atoms with van der Waals surface area (Å²) in [5.41, 5.74) is -0.663. The minimum Gasteiger partial charge on any atom is -0.412 e. The van der Waals surface area contributed by atoms with E-state index in [1.807, 2.05) is 6.92 Å². The summed E-state index contributed by atoms with van der Waals surface area (Å²) in [6.45, 7) is 12.9. The van der Waals surface area contributed by atoms with Gasteiger partial charge in [-0.05, 0) is 54.9 Å².